The van der Waals surface area contributed by atoms with Crippen molar-refractivity contribution in [1.82, 2.24) is 15.2 Å². The molecule has 2 aromatic heterocycles. The van der Waals surface area contributed by atoms with Crippen molar-refractivity contribution < 1.29 is 19.1 Å². The summed E-state index contributed by atoms with van der Waals surface area (Å²) in [6.07, 6.45) is 0.408. The first-order valence-corrected chi connectivity index (χ1v) is 11.6. The summed E-state index contributed by atoms with van der Waals surface area (Å²) < 4.78 is 5.56. The first-order valence-electron chi connectivity index (χ1n) is 11.6. The minimum Gasteiger partial charge on any atom is -0.444 e. The molecule has 182 valence electrons. The van der Waals surface area contributed by atoms with Crippen LogP contribution in [-0.2, 0) is 14.3 Å². The highest BCUT2D eigenvalue weighted by molar-refractivity contribution is 6.07. The van der Waals surface area contributed by atoms with Crippen LogP contribution >= 0.6 is 0 Å². The fourth-order valence-electron chi connectivity index (χ4n) is 4.68. The van der Waals surface area contributed by atoms with Crippen LogP contribution in [0, 0.1) is 6.92 Å². The van der Waals surface area contributed by atoms with E-state index in [1.807, 2.05) is 42.5 Å². The second kappa shape index (κ2) is 8.92. The average Bonchev–Trinajstić information content (AvgIpc) is 3.30. The fourth-order valence-corrected chi connectivity index (χ4v) is 4.68. The molecule has 4 aromatic rings. The van der Waals surface area contributed by atoms with Crippen molar-refractivity contribution in [2.45, 2.75) is 38.2 Å². The minimum absolute atomic E-state index is 0.120. The normalized spacial score (nSPS) is 18.9. The Hall–Kier alpha value is -4.53. The molecule has 1 fully saturated rings. The van der Waals surface area contributed by atoms with Crippen LogP contribution in [0.2, 0.25) is 0 Å². The molecule has 0 spiro atoms. The number of carbonyl (C=O) groups excluding carboxylic acids is 3. The molecule has 0 aliphatic heterocycles. The molecule has 2 aromatic carbocycles. The molecule has 1 saturated carbocycles. The Morgan fingerprint density at radius 2 is 1.78 bits per heavy atom. The summed E-state index contributed by atoms with van der Waals surface area (Å²) in [5, 5.41) is 9.29. The number of nitrogens with one attached hydrogen (secondary N) is 1. The zero-order chi connectivity index (χ0) is 25.4. The van der Waals surface area contributed by atoms with Gasteiger partial charge >= 0.3 is 5.97 Å². The maximum Gasteiger partial charge on any atom is 0.357 e. The summed E-state index contributed by atoms with van der Waals surface area (Å²) in [5.74, 6) is -1.31. The Bertz CT molecular complexity index is 1480. The number of primary amides is 1. The number of amides is 2. The highest BCUT2D eigenvalue weighted by Gasteiger charge is 2.54. The van der Waals surface area contributed by atoms with Crippen molar-refractivity contribution in [2.75, 3.05) is 4.90 Å². The molecule has 5 rings (SSSR count). The van der Waals surface area contributed by atoms with Gasteiger partial charge in [-0.15, -0.1) is 0 Å². The minimum atomic E-state index is -1.42. The second-order valence-electron chi connectivity index (χ2n) is 9.05. The molecule has 1 aliphatic carbocycles. The van der Waals surface area contributed by atoms with Crippen LogP contribution in [0.25, 0.3) is 10.8 Å². The monoisotopic (exact) mass is 483 g/mol. The predicted octanol–water partition coefficient (Wildman–Crippen LogP) is 3.91. The lowest BCUT2D eigenvalue weighted by Crippen LogP contribution is -2.56. The van der Waals surface area contributed by atoms with Crippen LogP contribution in [0.1, 0.15) is 47.6 Å². The topological polar surface area (TPSA) is 131 Å². The number of anilines is 2. The van der Waals surface area contributed by atoms with E-state index in [4.69, 9.17) is 10.5 Å². The summed E-state index contributed by atoms with van der Waals surface area (Å²) in [6.45, 7) is 3.24. The van der Waals surface area contributed by atoms with Gasteiger partial charge in [-0.1, -0.05) is 42.5 Å². The number of rotatable bonds is 6. The lowest BCUT2D eigenvalue weighted by Gasteiger charge is -2.43. The lowest BCUT2D eigenvalue weighted by atomic mass is 9.68. The van der Waals surface area contributed by atoms with Crippen LogP contribution in [0.15, 0.2) is 66.7 Å². The highest BCUT2D eigenvalue weighted by atomic mass is 16.6. The molecule has 0 atom stereocenters. The molecular weight excluding hydrogens is 458 g/mol. The van der Waals surface area contributed by atoms with Gasteiger partial charge < -0.3 is 10.5 Å². The summed E-state index contributed by atoms with van der Waals surface area (Å²) in [7, 11) is 0. The van der Waals surface area contributed by atoms with E-state index in [9.17, 15) is 14.4 Å². The maximum absolute atomic E-state index is 12.7. The van der Waals surface area contributed by atoms with Crippen LogP contribution in [0.3, 0.4) is 0 Å². The van der Waals surface area contributed by atoms with Gasteiger partial charge in [0.15, 0.2) is 11.4 Å². The van der Waals surface area contributed by atoms with E-state index in [0.717, 1.165) is 22.2 Å². The maximum atomic E-state index is 12.7. The fraction of sp³-hybridized carbons (Fsp3) is 0.222. The SMILES string of the molecule is CC(=O)N(c1cc(C2CC(OC(=O)c3cccc(C)n3)(C(N)=O)C2)[nH]n1)c1cccc2ccccc12. The molecule has 9 heteroatoms. The van der Waals surface area contributed by atoms with E-state index >= 15 is 0 Å². The zero-order valence-electron chi connectivity index (χ0n) is 19.9. The molecule has 9 nitrogen and oxygen atoms in total. The third-order valence-electron chi connectivity index (χ3n) is 6.56. The number of aryl methyl sites for hydroxylation is 1. The van der Waals surface area contributed by atoms with E-state index in [-0.39, 0.29) is 30.4 Å². The number of nitrogens with two attached hydrogens (primary N) is 1. The summed E-state index contributed by atoms with van der Waals surface area (Å²) >= 11 is 0. The Morgan fingerprint density at radius 1 is 1.06 bits per heavy atom. The van der Waals surface area contributed by atoms with Gasteiger partial charge in [-0.3, -0.25) is 19.6 Å². The molecule has 36 heavy (non-hydrogen) atoms. The first kappa shape index (κ1) is 23.2. The average molecular weight is 484 g/mol. The Balaban J connectivity index is 1.37. The molecule has 2 heterocycles. The van der Waals surface area contributed by atoms with Gasteiger partial charge in [0, 0.05) is 48.5 Å². The Kier molecular flexibility index (Phi) is 5.75. The lowest BCUT2D eigenvalue weighted by molar-refractivity contribution is -0.149. The third kappa shape index (κ3) is 4.08. The summed E-state index contributed by atoms with van der Waals surface area (Å²) in [5.41, 5.74) is 6.44. The number of carbonyl (C=O) groups is 3. The number of nitrogens with zero attached hydrogens (tertiary/aromatic N) is 3. The number of pyridine rings is 1. The van der Waals surface area contributed by atoms with Crippen molar-refractivity contribution in [3.63, 3.8) is 0 Å². The van der Waals surface area contributed by atoms with Crippen LogP contribution in [-0.4, -0.2) is 38.6 Å². The number of H-pyrrole nitrogens is 1. The number of ether oxygens (including phenoxy) is 1. The van der Waals surface area contributed by atoms with E-state index in [2.05, 4.69) is 15.2 Å². The molecule has 0 bridgehead atoms. The van der Waals surface area contributed by atoms with Crippen molar-refractivity contribution in [3.05, 3.63) is 83.8 Å². The molecule has 0 saturated heterocycles. The zero-order valence-corrected chi connectivity index (χ0v) is 19.9. The smallest absolute Gasteiger partial charge is 0.357 e. The van der Waals surface area contributed by atoms with Gasteiger partial charge in [-0.2, -0.15) is 5.10 Å². The number of aromatic amines is 1. The number of esters is 1. The predicted molar refractivity (Wildman–Crippen MR) is 134 cm³/mol. The van der Waals surface area contributed by atoms with Gasteiger partial charge in [-0.25, -0.2) is 9.78 Å². The summed E-state index contributed by atoms with van der Waals surface area (Å²) in [6, 6.07) is 20.3. The van der Waals surface area contributed by atoms with Crippen molar-refractivity contribution in [3.8, 4) is 0 Å². The third-order valence-corrected chi connectivity index (χ3v) is 6.56. The van der Waals surface area contributed by atoms with E-state index in [1.54, 1.807) is 30.0 Å². The van der Waals surface area contributed by atoms with Gasteiger partial charge in [0.25, 0.3) is 5.91 Å². The van der Waals surface area contributed by atoms with E-state index < -0.39 is 17.5 Å². The number of fused-ring (bicyclic) bond motifs is 1. The van der Waals surface area contributed by atoms with Gasteiger partial charge in [-0.05, 0) is 30.5 Å². The van der Waals surface area contributed by atoms with Crippen molar-refractivity contribution in [1.29, 1.82) is 0 Å². The van der Waals surface area contributed by atoms with Crippen LogP contribution in [0.5, 0.6) is 0 Å². The summed E-state index contributed by atoms with van der Waals surface area (Å²) in [4.78, 5) is 43.3. The first-order chi connectivity index (χ1) is 17.3. The Labute approximate surface area is 207 Å². The molecule has 3 N–H and O–H groups in total. The number of hydrogen-bond donors (Lipinski definition) is 2. The van der Waals surface area contributed by atoms with Crippen molar-refractivity contribution in [2.24, 2.45) is 5.73 Å². The highest BCUT2D eigenvalue weighted by Crippen LogP contribution is 2.47. The molecule has 1 aliphatic rings. The van der Waals surface area contributed by atoms with E-state index in [0.29, 0.717) is 11.5 Å². The Morgan fingerprint density at radius 3 is 2.50 bits per heavy atom. The number of aromatic nitrogens is 3. The van der Waals surface area contributed by atoms with Gasteiger partial charge in [0.1, 0.15) is 5.69 Å². The van der Waals surface area contributed by atoms with Crippen LogP contribution < -0.4 is 10.6 Å². The largest absolute Gasteiger partial charge is 0.444 e. The van der Waals surface area contributed by atoms with E-state index in [1.165, 1.54) is 13.0 Å². The van der Waals surface area contributed by atoms with Crippen LogP contribution in [0.4, 0.5) is 11.5 Å². The number of benzene rings is 2. The number of hydrogen-bond acceptors (Lipinski definition) is 6. The standard InChI is InChI=1S/C27H25N5O4/c1-16-7-5-11-21(29-16)25(34)36-27(26(28)35)14-19(15-27)22-13-24(31-30-22)32(17(2)33)23-12-6-9-18-8-3-4-10-20(18)23/h3-13,19H,14-15H2,1-2H3,(H2,28,35)(H,30,31). The quantitative estimate of drug-likeness (QED) is 0.400. The molecule has 0 radical (unpaired) electrons. The van der Waals surface area contributed by atoms with Gasteiger partial charge in [0.05, 0.1) is 5.69 Å². The molecule has 0 unspecified atom stereocenters. The van der Waals surface area contributed by atoms with Gasteiger partial charge in [0.2, 0.25) is 5.91 Å². The molecule has 2 amide bonds. The second-order valence-corrected chi connectivity index (χ2v) is 9.05. The van der Waals surface area contributed by atoms with Crippen molar-refractivity contribution >= 4 is 40.1 Å². The molecular formula is C27H25N5O4.